The highest BCUT2D eigenvalue weighted by molar-refractivity contribution is 6.04. The van der Waals surface area contributed by atoms with Crippen molar-refractivity contribution < 1.29 is 19.2 Å². The van der Waals surface area contributed by atoms with Gasteiger partial charge in [0.05, 0.1) is 11.4 Å². The molecule has 30 heavy (non-hydrogen) atoms. The molecular weight excluding hydrogens is 380 g/mol. The van der Waals surface area contributed by atoms with Gasteiger partial charge in [-0.2, -0.15) is 0 Å². The van der Waals surface area contributed by atoms with Gasteiger partial charge in [0.2, 0.25) is 5.72 Å². The summed E-state index contributed by atoms with van der Waals surface area (Å²) in [7, 11) is 0. The Hall–Kier alpha value is -3.64. The van der Waals surface area contributed by atoms with Gasteiger partial charge in [0, 0.05) is 5.56 Å². The number of anilines is 2. The Labute approximate surface area is 174 Å². The fourth-order valence-corrected chi connectivity index (χ4v) is 4.15. The smallest absolute Gasteiger partial charge is 0.417 e. The Morgan fingerprint density at radius 1 is 0.833 bits per heavy atom. The molecule has 0 bridgehead atoms. The zero-order chi connectivity index (χ0) is 20.7. The van der Waals surface area contributed by atoms with Gasteiger partial charge in [0.1, 0.15) is 0 Å². The number of nitrogens with zero attached hydrogens (tertiary/aromatic N) is 2. The fraction of sp³-hybridized carbons (Fsp3) is 0.167. The third-order valence-electron chi connectivity index (χ3n) is 5.56. The van der Waals surface area contributed by atoms with E-state index in [1.165, 1.54) is 4.90 Å². The molecule has 2 fully saturated rings. The molecule has 3 aromatic carbocycles. The number of benzene rings is 3. The number of amides is 1. The number of rotatable bonds is 4. The van der Waals surface area contributed by atoms with Crippen LogP contribution in [0.2, 0.25) is 0 Å². The Morgan fingerprint density at radius 2 is 1.37 bits per heavy atom. The summed E-state index contributed by atoms with van der Waals surface area (Å²) in [6.07, 6.45) is -1.34. The zero-order valence-corrected chi connectivity index (χ0v) is 16.3. The number of hydrogen-bond donors (Lipinski definition) is 0. The largest absolute Gasteiger partial charge is 0.438 e. The summed E-state index contributed by atoms with van der Waals surface area (Å²) in [5.41, 5.74) is 0.717. The molecule has 150 valence electrons. The van der Waals surface area contributed by atoms with Gasteiger partial charge < -0.3 is 4.74 Å². The predicted octanol–water partition coefficient (Wildman–Crippen LogP) is 4.43. The molecule has 1 amide bonds. The molecule has 0 spiro atoms. The van der Waals surface area contributed by atoms with Crippen molar-refractivity contribution in [3.63, 3.8) is 0 Å². The third kappa shape index (κ3) is 2.76. The van der Waals surface area contributed by atoms with Crippen LogP contribution in [0.25, 0.3) is 0 Å². The van der Waals surface area contributed by atoms with Gasteiger partial charge in [-0.3, -0.25) is 4.79 Å². The lowest BCUT2D eigenvalue weighted by atomic mass is 9.94. The number of hydrogen-bond acceptors (Lipinski definition) is 5. The molecular formula is C24H20N2O4. The first-order chi connectivity index (χ1) is 14.6. The van der Waals surface area contributed by atoms with Crippen molar-refractivity contribution in [1.29, 1.82) is 0 Å². The van der Waals surface area contributed by atoms with E-state index in [1.54, 1.807) is 24.1 Å². The molecule has 3 atom stereocenters. The minimum atomic E-state index is -1.18. The summed E-state index contributed by atoms with van der Waals surface area (Å²) < 4.78 is 5.76. The molecule has 6 nitrogen and oxygen atoms in total. The van der Waals surface area contributed by atoms with Gasteiger partial charge in [-0.05, 0) is 31.2 Å². The maximum atomic E-state index is 13.5. The van der Waals surface area contributed by atoms with E-state index in [9.17, 15) is 9.59 Å². The molecule has 6 heteroatoms. The van der Waals surface area contributed by atoms with E-state index in [4.69, 9.17) is 9.57 Å². The van der Waals surface area contributed by atoms with Gasteiger partial charge in [0.15, 0.2) is 17.9 Å². The standard InChI is InChI=1S/C24H20N2O4/c1-24-22(29-23(28)25(24)18-13-7-3-8-14-18)20(21(27)17-11-5-2-6-12-17)26(30-24)19-15-9-4-10-16-19/h2-16,20,22H,1H3. The highest BCUT2D eigenvalue weighted by Crippen LogP contribution is 2.46. The first-order valence-electron chi connectivity index (χ1n) is 9.78. The Bertz CT molecular complexity index is 1070. The second-order valence-electron chi connectivity index (χ2n) is 7.46. The van der Waals surface area contributed by atoms with Crippen LogP contribution in [0.5, 0.6) is 0 Å². The molecule has 0 saturated carbocycles. The number of fused-ring (bicyclic) bond motifs is 1. The lowest BCUT2D eigenvalue weighted by Gasteiger charge is -2.31. The van der Waals surface area contributed by atoms with E-state index in [2.05, 4.69) is 0 Å². The molecule has 2 aliphatic heterocycles. The van der Waals surface area contributed by atoms with Crippen molar-refractivity contribution in [3.8, 4) is 0 Å². The maximum Gasteiger partial charge on any atom is 0.417 e. The molecule has 0 radical (unpaired) electrons. The molecule has 2 aliphatic rings. The number of carbonyl (C=O) groups is 2. The highest BCUT2D eigenvalue weighted by Gasteiger charge is 2.66. The van der Waals surface area contributed by atoms with Crippen molar-refractivity contribution in [2.24, 2.45) is 0 Å². The minimum Gasteiger partial charge on any atom is -0.438 e. The van der Waals surface area contributed by atoms with Gasteiger partial charge in [-0.1, -0.05) is 66.7 Å². The number of carbonyl (C=O) groups excluding carboxylic acids is 2. The third-order valence-corrected chi connectivity index (χ3v) is 5.56. The quantitative estimate of drug-likeness (QED) is 0.607. The second-order valence-corrected chi connectivity index (χ2v) is 7.46. The predicted molar refractivity (Wildman–Crippen MR) is 112 cm³/mol. The molecule has 3 aromatic rings. The van der Waals surface area contributed by atoms with Gasteiger partial charge in [-0.15, -0.1) is 0 Å². The van der Waals surface area contributed by atoms with Gasteiger partial charge in [-0.25, -0.2) is 19.6 Å². The number of para-hydroxylation sites is 2. The van der Waals surface area contributed by atoms with Crippen LogP contribution >= 0.6 is 0 Å². The molecule has 2 heterocycles. The molecule has 0 aliphatic carbocycles. The Morgan fingerprint density at radius 3 is 1.97 bits per heavy atom. The van der Waals surface area contributed by atoms with Crippen LogP contribution in [0.15, 0.2) is 91.0 Å². The van der Waals surface area contributed by atoms with E-state index < -0.39 is 24.0 Å². The van der Waals surface area contributed by atoms with Crippen LogP contribution in [0.1, 0.15) is 17.3 Å². The summed E-state index contributed by atoms with van der Waals surface area (Å²) >= 11 is 0. The maximum absolute atomic E-state index is 13.5. The van der Waals surface area contributed by atoms with Crippen LogP contribution in [0.3, 0.4) is 0 Å². The van der Waals surface area contributed by atoms with Crippen LogP contribution < -0.4 is 9.96 Å². The van der Waals surface area contributed by atoms with Crippen LogP contribution in [-0.2, 0) is 9.57 Å². The molecule has 3 unspecified atom stereocenters. The van der Waals surface area contributed by atoms with Gasteiger partial charge in [0.25, 0.3) is 0 Å². The Kier molecular flexibility index (Phi) is 4.29. The van der Waals surface area contributed by atoms with Crippen molar-refractivity contribution in [2.75, 3.05) is 9.96 Å². The average molecular weight is 400 g/mol. The summed E-state index contributed by atoms with van der Waals surface area (Å²) in [6, 6.07) is 26.7. The van der Waals surface area contributed by atoms with E-state index >= 15 is 0 Å². The van der Waals surface area contributed by atoms with Crippen LogP contribution in [0, 0.1) is 0 Å². The normalized spacial score (nSPS) is 25.2. The minimum absolute atomic E-state index is 0.170. The number of Topliss-reactive ketones (excluding diaryl/α,β-unsaturated/α-hetero) is 1. The van der Waals surface area contributed by atoms with E-state index in [0.717, 1.165) is 0 Å². The number of ketones is 1. The average Bonchev–Trinajstić information content (AvgIpc) is 3.21. The second kappa shape index (κ2) is 7.00. The summed E-state index contributed by atoms with van der Waals surface area (Å²) in [4.78, 5) is 34.2. The van der Waals surface area contributed by atoms with Gasteiger partial charge >= 0.3 is 6.09 Å². The number of ether oxygens (including phenoxy) is 1. The van der Waals surface area contributed by atoms with Crippen molar-refractivity contribution in [1.82, 2.24) is 0 Å². The summed E-state index contributed by atoms with van der Waals surface area (Å²) in [6.45, 7) is 1.78. The zero-order valence-electron chi connectivity index (χ0n) is 16.3. The van der Waals surface area contributed by atoms with Crippen molar-refractivity contribution >= 4 is 23.3 Å². The van der Waals surface area contributed by atoms with E-state index in [1.807, 2.05) is 78.9 Å². The highest BCUT2D eigenvalue weighted by atomic mass is 16.8. The lowest BCUT2D eigenvalue weighted by molar-refractivity contribution is -0.0144. The monoisotopic (exact) mass is 400 g/mol. The lowest BCUT2D eigenvalue weighted by Crippen LogP contribution is -2.49. The summed E-state index contributed by atoms with van der Waals surface area (Å²) in [5, 5.41) is 1.57. The molecule has 0 N–H and O–H groups in total. The first kappa shape index (κ1) is 18.4. The topological polar surface area (TPSA) is 59.1 Å². The van der Waals surface area contributed by atoms with E-state index in [-0.39, 0.29) is 5.78 Å². The fourth-order valence-electron chi connectivity index (χ4n) is 4.15. The first-order valence-corrected chi connectivity index (χ1v) is 9.78. The van der Waals surface area contributed by atoms with Crippen molar-refractivity contribution in [3.05, 3.63) is 96.6 Å². The number of hydroxylamine groups is 1. The van der Waals surface area contributed by atoms with Crippen LogP contribution in [-0.4, -0.2) is 29.7 Å². The van der Waals surface area contributed by atoms with E-state index in [0.29, 0.717) is 16.9 Å². The molecule has 2 saturated heterocycles. The SMILES string of the molecule is CC12ON(c3ccccc3)C(C(=O)c3ccccc3)C1OC(=O)N2c1ccccc1. The van der Waals surface area contributed by atoms with Crippen LogP contribution in [0.4, 0.5) is 16.2 Å². The summed E-state index contributed by atoms with van der Waals surface area (Å²) in [5.74, 6) is -0.170. The molecule has 5 rings (SSSR count). The Balaban J connectivity index is 1.61. The van der Waals surface area contributed by atoms with Crippen molar-refractivity contribution in [2.45, 2.75) is 24.8 Å². The molecule has 0 aromatic heterocycles.